The van der Waals surface area contributed by atoms with E-state index in [9.17, 15) is 19.4 Å². The molecule has 2 aromatic rings. The quantitative estimate of drug-likeness (QED) is 0.253. The summed E-state index contributed by atoms with van der Waals surface area (Å²) in [7, 11) is 2.89. The van der Waals surface area contributed by atoms with Gasteiger partial charge in [0.2, 0.25) is 0 Å². The van der Waals surface area contributed by atoms with Gasteiger partial charge in [0, 0.05) is 18.7 Å². The maximum atomic E-state index is 14.5. The summed E-state index contributed by atoms with van der Waals surface area (Å²) in [5.74, 6) is -0.596. The van der Waals surface area contributed by atoms with Gasteiger partial charge in [0.15, 0.2) is 5.78 Å². The highest BCUT2D eigenvalue weighted by Gasteiger charge is 2.20. The molecule has 1 atom stereocenters. The number of methoxy groups -OCH3 is 2. The van der Waals surface area contributed by atoms with Crippen LogP contribution in [0.2, 0.25) is 5.02 Å². The van der Waals surface area contributed by atoms with Crippen LogP contribution >= 0.6 is 11.6 Å². The van der Waals surface area contributed by atoms with Gasteiger partial charge in [-0.2, -0.15) is 0 Å². The summed E-state index contributed by atoms with van der Waals surface area (Å²) in [6.07, 6.45) is 1.39. The van der Waals surface area contributed by atoms with E-state index in [0.29, 0.717) is 16.9 Å². The number of nitrogens with zero attached hydrogens (tertiary/aromatic N) is 1. The van der Waals surface area contributed by atoms with Gasteiger partial charge in [0.1, 0.15) is 23.1 Å². The monoisotopic (exact) mass is 493 g/mol. The van der Waals surface area contributed by atoms with Crippen molar-refractivity contribution in [2.24, 2.45) is 10.9 Å². The Morgan fingerprint density at radius 2 is 1.82 bits per heavy atom. The van der Waals surface area contributed by atoms with Crippen molar-refractivity contribution >= 4 is 29.4 Å². The maximum absolute atomic E-state index is 14.5. The van der Waals surface area contributed by atoms with Crippen molar-refractivity contribution in [3.8, 4) is 11.5 Å². The van der Waals surface area contributed by atoms with Crippen LogP contribution in [0.1, 0.15) is 44.9 Å². The van der Waals surface area contributed by atoms with Crippen LogP contribution in [0, 0.1) is 11.7 Å². The first-order valence-electron chi connectivity index (χ1n) is 10.4. The van der Waals surface area contributed by atoms with Gasteiger partial charge in [0.05, 0.1) is 43.0 Å². The number of allylic oxidation sites excluding steroid dienone is 1. The summed E-state index contributed by atoms with van der Waals surface area (Å²) >= 11 is 5.91. The molecule has 0 bridgehead atoms. The smallest absolute Gasteiger partial charge is 0.165 e. The topological polar surface area (TPSA) is 88.3 Å². The van der Waals surface area contributed by atoms with E-state index in [0.717, 1.165) is 0 Å². The second-order valence-corrected chi connectivity index (χ2v) is 8.25. The summed E-state index contributed by atoms with van der Waals surface area (Å²) in [5, 5.41) is 20.5. The first kappa shape index (κ1) is 29.1. The molecular weight excluding hydrogens is 461 g/mol. The minimum Gasteiger partial charge on any atom is -0.506 e. The van der Waals surface area contributed by atoms with E-state index < -0.39 is 17.6 Å². The molecule has 6 nitrogen and oxygen atoms in total. The minimum atomic E-state index is -0.543. The van der Waals surface area contributed by atoms with Gasteiger partial charge in [-0.25, -0.2) is 4.39 Å². The molecule has 0 fully saturated rings. The minimum absolute atomic E-state index is 0. The number of aliphatic hydroxyl groups excluding tert-OH is 2. The van der Waals surface area contributed by atoms with Crippen LogP contribution in [0.4, 0.5) is 4.39 Å². The van der Waals surface area contributed by atoms with Gasteiger partial charge in [-0.15, -0.1) is 0 Å². The Morgan fingerprint density at radius 3 is 2.35 bits per heavy atom. The van der Waals surface area contributed by atoms with Gasteiger partial charge in [-0.3, -0.25) is 9.79 Å². The lowest BCUT2D eigenvalue weighted by Crippen LogP contribution is -2.18. The van der Waals surface area contributed by atoms with Gasteiger partial charge in [0.25, 0.3) is 0 Å². The van der Waals surface area contributed by atoms with Crippen molar-refractivity contribution in [1.82, 2.24) is 0 Å². The Hall–Kier alpha value is -2.90. The predicted molar refractivity (Wildman–Crippen MR) is 135 cm³/mol. The van der Waals surface area contributed by atoms with Gasteiger partial charge in [-0.05, 0) is 36.1 Å². The number of ketones is 1. The van der Waals surface area contributed by atoms with E-state index in [1.54, 1.807) is 24.3 Å². The molecule has 0 aromatic heterocycles. The molecule has 0 radical (unpaired) electrons. The highest BCUT2D eigenvalue weighted by Crippen LogP contribution is 2.35. The molecule has 0 spiro atoms. The number of benzene rings is 2. The zero-order chi connectivity index (χ0) is 24.7. The Bertz CT molecular complexity index is 1070. The number of halogens is 2. The Labute approximate surface area is 205 Å². The number of rotatable bonds is 10. The van der Waals surface area contributed by atoms with Crippen molar-refractivity contribution < 1.29 is 28.9 Å². The summed E-state index contributed by atoms with van der Waals surface area (Å²) in [6.45, 7) is 4.90. The fraction of sp³-hybridized carbons (Fsp3) is 0.385. The zero-order valence-electron chi connectivity index (χ0n) is 19.4. The molecule has 8 heteroatoms. The molecule has 34 heavy (non-hydrogen) atoms. The fourth-order valence-corrected chi connectivity index (χ4v) is 3.44. The summed E-state index contributed by atoms with van der Waals surface area (Å²) in [5.41, 5.74) is 1.07. The summed E-state index contributed by atoms with van der Waals surface area (Å²) in [6, 6.07) is 7.42. The van der Waals surface area contributed by atoms with Crippen LogP contribution in [0.5, 0.6) is 11.5 Å². The predicted octanol–water partition coefficient (Wildman–Crippen LogP) is 5.67. The van der Waals surface area contributed by atoms with E-state index in [1.165, 1.54) is 33.4 Å². The maximum Gasteiger partial charge on any atom is 0.165 e. The summed E-state index contributed by atoms with van der Waals surface area (Å²) < 4.78 is 25.3. The van der Waals surface area contributed by atoms with Crippen LogP contribution < -0.4 is 9.47 Å². The summed E-state index contributed by atoms with van der Waals surface area (Å²) in [4.78, 5) is 16.6. The Kier molecular flexibility index (Phi) is 11.2. The van der Waals surface area contributed by atoms with E-state index in [4.69, 9.17) is 21.1 Å². The molecule has 0 aliphatic heterocycles. The third-order valence-electron chi connectivity index (χ3n) is 5.26. The van der Waals surface area contributed by atoms with Crippen molar-refractivity contribution in [2.45, 2.75) is 40.7 Å². The third kappa shape index (κ3) is 6.81. The van der Waals surface area contributed by atoms with Crippen LogP contribution in [-0.2, 0) is 11.2 Å². The van der Waals surface area contributed by atoms with Crippen molar-refractivity contribution in [1.29, 1.82) is 0 Å². The highest BCUT2D eigenvalue weighted by molar-refractivity contribution is 6.30. The lowest BCUT2D eigenvalue weighted by atomic mass is 9.97. The Balaban J connectivity index is 0.00000578. The molecule has 0 saturated heterocycles. The zero-order valence-corrected chi connectivity index (χ0v) is 20.1. The van der Waals surface area contributed by atoms with Crippen LogP contribution in [0.3, 0.4) is 0 Å². The molecule has 0 amide bonds. The number of aliphatic imine (C=N–C) groups is 1. The molecule has 186 valence electrons. The number of hydrogen-bond donors (Lipinski definition) is 2. The standard InChI is InChI=1S/C25H29ClFNO5.CH4/c1-14(2)21(13-29)28-12-19(15(3)30)25(31)18-10-17(22(32-4)11-23(18)33-5)9-16-7-6-8-20(26)24(16)27;/h6-8,10-12,14,21,29,31H,9,13H2,1-5H3;1H4/t21-;/m1./s1. The SMILES string of the molecule is C.COc1cc(OC)c(C(O)=C(C=N[C@H](CO)C(C)C)C(C)=O)cc1Cc1cccc(Cl)c1F. The van der Waals surface area contributed by atoms with E-state index in [-0.39, 0.29) is 54.0 Å². The molecule has 0 saturated carbocycles. The van der Waals surface area contributed by atoms with Crippen molar-refractivity contribution in [3.63, 3.8) is 0 Å². The molecule has 0 aliphatic carbocycles. The molecule has 2 N–H and O–H groups in total. The van der Waals surface area contributed by atoms with Gasteiger partial charge >= 0.3 is 0 Å². The lowest BCUT2D eigenvalue weighted by molar-refractivity contribution is -0.113. The average Bonchev–Trinajstić information content (AvgIpc) is 2.78. The van der Waals surface area contributed by atoms with Crippen molar-refractivity contribution in [3.05, 3.63) is 63.4 Å². The first-order valence-corrected chi connectivity index (χ1v) is 10.8. The van der Waals surface area contributed by atoms with Crippen LogP contribution in [-0.4, -0.2) is 49.1 Å². The Morgan fingerprint density at radius 1 is 1.18 bits per heavy atom. The fourth-order valence-electron chi connectivity index (χ4n) is 3.24. The van der Waals surface area contributed by atoms with Crippen molar-refractivity contribution in [2.75, 3.05) is 20.8 Å². The number of carbonyl (C=O) groups excluding carboxylic acids is 1. The molecule has 2 rings (SSSR count). The first-order chi connectivity index (χ1) is 15.6. The van der Waals surface area contributed by atoms with Crippen LogP contribution in [0.25, 0.3) is 5.76 Å². The number of Topliss-reactive ketones (excluding diaryl/α,β-unsaturated/α-hetero) is 1. The number of carbonyl (C=O) groups is 1. The van der Waals surface area contributed by atoms with E-state index in [1.807, 2.05) is 13.8 Å². The molecule has 0 aliphatic rings. The highest BCUT2D eigenvalue weighted by atomic mass is 35.5. The lowest BCUT2D eigenvalue weighted by Gasteiger charge is -2.17. The number of hydrogen-bond acceptors (Lipinski definition) is 6. The van der Waals surface area contributed by atoms with E-state index >= 15 is 0 Å². The average molecular weight is 494 g/mol. The molecule has 0 heterocycles. The molecular formula is C26H33ClFNO5. The van der Waals surface area contributed by atoms with Gasteiger partial charge < -0.3 is 19.7 Å². The largest absolute Gasteiger partial charge is 0.506 e. The second-order valence-electron chi connectivity index (χ2n) is 7.84. The van der Waals surface area contributed by atoms with Crippen LogP contribution in [0.15, 0.2) is 40.9 Å². The van der Waals surface area contributed by atoms with Gasteiger partial charge in [-0.1, -0.05) is 45.0 Å². The molecule has 0 unspecified atom stereocenters. The number of aliphatic hydroxyl groups is 2. The normalized spacial score (nSPS) is 12.9. The molecule has 2 aromatic carbocycles. The number of ether oxygens (including phenoxy) is 2. The third-order valence-corrected chi connectivity index (χ3v) is 5.55. The van der Waals surface area contributed by atoms with E-state index in [2.05, 4.69) is 4.99 Å². The second kappa shape index (κ2) is 13.1.